The number of hydrogen-bond acceptors (Lipinski definition) is 6. The van der Waals surface area contributed by atoms with Crippen LogP contribution in [-0.4, -0.2) is 49.2 Å². The number of nitrogens with one attached hydrogen (secondary N) is 1. The van der Waals surface area contributed by atoms with Gasteiger partial charge in [-0.15, -0.1) is 0 Å². The summed E-state index contributed by atoms with van der Waals surface area (Å²) in [4.78, 5) is 36.9. The average molecular weight is 365 g/mol. The normalized spacial score (nSPS) is 32.5. The monoisotopic (exact) mass is 365 g/mol. The number of benzene rings is 1. The first-order chi connectivity index (χ1) is 11.7. The first-order valence-electron chi connectivity index (χ1n) is 7.69. The Balaban J connectivity index is 1.81. The lowest BCUT2D eigenvalue weighted by atomic mass is 9.92. The average Bonchev–Trinajstić information content (AvgIpc) is 2.79. The molecule has 9 heteroatoms. The smallest absolute Gasteiger partial charge is 0.330 e. The number of amides is 2. The van der Waals surface area contributed by atoms with Crippen LogP contribution in [-0.2, 0) is 36.5 Å². The molecule has 3 rings (SSSR count). The Kier molecular flexibility index (Phi) is 4.16. The van der Waals surface area contributed by atoms with Gasteiger partial charge in [0, 0.05) is 0 Å². The second kappa shape index (κ2) is 5.92. The van der Waals surface area contributed by atoms with Crippen molar-refractivity contribution in [2.45, 2.75) is 42.3 Å². The number of carbonyl (C=O) groups is 3. The van der Waals surface area contributed by atoms with Gasteiger partial charge in [-0.3, -0.25) is 19.5 Å². The van der Waals surface area contributed by atoms with E-state index in [4.69, 9.17) is 10.5 Å². The van der Waals surface area contributed by atoms with Gasteiger partial charge in [-0.25, -0.2) is 4.79 Å². The molecule has 2 aliphatic rings. The number of β-lactam (4-membered cyclic amide) rings is 1. The molecule has 2 aliphatic heterocycles. The molecule has 0 saturated carbocycles. The van der Waals surface area contributed by atoms with Crippen molar-refractivity contribution < 1.29 is 23.3 Å². The molecule has 3 N–H and O–H groups in total. The lowest BCUT2D eigenvalue weighted by molar-refractivity contribution is -0.171. The maximum Gasteiger partial charge on any atom is 0.330 e. The topological polar surface area (TPSA) is 119 Å². The summed E-state index contributed by atoms with van der Waals surface area (Å²) in [5.41, 5.74) is 4.95. The molecule has 8 nitrogen and oxygen atoms in total. The second-order valence-electron chi connectivity index (χ2n) is 6.59. The summed E-state index contributed by atoms with van der Waals surface area (Å²) in [5.74, 6) is -1.30. The van der Waals surface area contributed by atoms with Crippen LogP contribution in [0, 0.1) is 0 Å². The molecule has 1 aromatic rings. The molecular formula is C16H19N3O5S. The largest absolute Gasteiger partial charge is 0.459 e. The predicted molar refractivity (Wildman–Crippen MR) is 89.0 cm³/mol. The third kappa shape index (κ3) is 2.46. The van der Waals surface area contributed by atoms with Crippen LogP contribution in [0.5, 0.6) is 0 Å². The number of hydrogen-bond donors (Lipinski definition) is 2. The maximum atomic E-state index is 12.8. The molecule has 0 aromatic heterocycles. The lowest BCUT2D eigenvalue weighted by Crippen LogP contribution is -2.84. The van der Waals surface area contributed by atoms with Crippen molar-refractivity contribution in [3.05, 3.63) is 35.9 Å². The van der Waals surface area contributed by atoms with E-state index in [1.54, 1.807) is 13.8 Å². The zero-order valence-corrected chi connectivity index (χ0v) is 14.6. The predicted octanol–water partition coefficient (Wildman–Crippen LogP) is -0.791. The third-order valence-corrected chi connectivity index (χ3v) is 6.90. The Morgan fingerprint density at radius 2 is 2.04 bits per heavy atom. The van der Waals surface area contributed by atoms with E-state index in [2.05, 4.69) is 5.32 Å². The van der Waals surface area contributed by atoms with Gasteiger partial charge in [-0.05, 0) is 19.4 Å². The zero-order chi connectivity index (χ0) is 18.4. The molecule has 2 saturated heterocycles. The van der Waals surface area contributed by atoms with E-state index in [1.165, 1.54) is 4.90 Å². The van der Waals surface area contributed by atoms with Gasteiger partial charge in [0.2, 0.25) is 12.1 Å². The van der Waals surface area contributed by atoms with Gasteiger partial charge in [-0.2, -0.15) is 0 Å². The molecule has 0 radical (unpaired) electrons. The van der Waals surface area contributed by atoms with Crippen molar-refractivity contribution in [2.75, 3.05) is 0 Å². The van der Waals surface area contributed by atoms with Gasteiger partial charge in [-0.1, -0.05) is 30.3 Å². The van der Waals surface area contributed by atoms with Crippen molar-refractivity contribution >= 4 is 29.1 Å². The fourth-order valence-corrected chi connectivity index (χ4v) is 5.21. The first kappa shape index (κ1) is 17.6. The maximum absolute atomic E-state index is 12.8. The first-order valence-corrected chi connectivity index (χ1v) is 8.90. The summed E-state index contributed by atoms with van der Waals surface area (Å²) in [5, 5.41) is 1.26. The summed E-state index contributed by atoms with van der Waals surface area (Å²) in [7, 11) is -1.65. The molecular weight excluding hydrogens is 346 g/mol. The van der Waals surface area contributed by atoms with E-state index in [-0.39, 0.29) is 6.61 Å². The number of esters is 1. The van der Waals surface area contributed by atoms with Crippen molar-refractivity contribution in [1.82, 2.24) is 10.2 Å². The van der Waals surface area contributed by atoms with Crippen LogP contribution in [0.2, 0.25) is 0 Å². The van der Waals surface area contributed by atoms with Gasteiger partial charge in [0.1, 0.15) is 12.6 Å². The Morgan fingerprint density at radius 3 is 2.64 bits per heavy atom. The van der Waals surface area contributed by atoms with Gasteiger partial charge in [0.25, 0.3) is 5.91 Å². The Labute approximate surface area is 147 Å². The summed E-state index contributed by atoms with van der Waals surface area (Å²) in [6.45, 7) is 3.28. The van der Waals surface area contributed by atoms with Gasteiger partial charge >= 0.3 is 5.97 Å². The van der Waals surface area contributed by atoms with Crippen LogP contribution in [0.15, 0.2) is 30.3 Å². The number of nitrogens with zero attached hydrogens (tertiary/aromatic N) is 1. The highest BCUT2D eigenvalue weighted by molar-refractivity contribution is 7.87. The third-order valence-electron chi connectivity index (χ3n) is 4.63. The molecule has 2 amide bonds. The fraction of sp³-hybridized carbons (Fsp3) is 0.438. The second-order valence-corrected chi connectivity index (χ2v) is 8.69. The standard InChI is InChI=1S/C16H19N3O5S/c1-15(2)11(12(21)24-8-10-6-4-3-5-7-10)19-13(22)16(17,18-9-20)14(19)25(15)23/h3-7,9,11,14H,8,17H2,1-2H3,(H,18,20)/t11-,14+,16-,25?/m0/s1. The summed E-state index contributed by atoms with van der Waals surface area (Å²) in [6, 6.07) is 8.07. The number of nitrogens with two attached hydrogens (primary N) is 1. The molecule has 0 spiro atoms. The van der Waals surface area contributed by atoms with E-state index < -0.39 is 44.5 Å². The minimum atomic E-state index is -1.75. The van der Waals surface area contributed by atoms with Crippen molar-refractivity contribution in [3.63, 3.8) is 0 Å². The van der Waals surface area contributed by atoms with Crippen LogP contribution in [0.25, 0.3) is 0 Å². The Morgan fingerprint density at radius 1 is 1.40 bits per heavy atom. The van der Waals surface area contributed by atoms with Gasteiger partial charge in [0.05, 0.1) is 15.5 Å². The molecule has 4 atom stereocenters. The van der Waals surface area contributed by atoms with Crippen LogP contribution in [0.4, 0.5) is 0 Å². The highest BCUT2D eigenvalue weighted by atomic mass is 32.2. The quantitative estimate of drug-likeness (QED) is 0.305. The van der Waals surface area contributed by atoms with Crippen LogP contribution >= 0.6 is 0 Å². The number of ether oxygens (including phenoxy) is 1. The van der Waals surface area contributed by atoms with Crippen molar-refractivity contribution in [1.29, 1.82) is 0 Å². The molecule has 2 fully saturated rings. The highest BCUT2D eigenvalue weighted by Crippen LogP contribution is 2.46. The summed E-state index contributed by atoms with van der Waals surface area (Å²) < 4.78 is 17.1. The summed E-state index contributed by atoms with van der Waals surface area (Å²) >= 11 is 0. The van der Waals surface area contributed by atoms with Gasteiger partial charge in [0.15, 0.2) is 5.37 Å². The van der Waals surface area contributed by atoms with Crippen LogP contribution in [0.3, 0.4) is 0 Å². The van der Waals surface area contributed by atoms with Crippen LogP contribution in [0.1, 0.15) is 19.4 Å². The molecule has 25 heavy (non-hydrogen) atoms. The minimum Gasteiger partial charge on any atom is -0.459 e. The van der Waals surface area contributed by atoms with E-state index in [1.807, 2.05) is 30.3 Å². The molecule has 1 aromatic carbocycles. The van der Waals surface area contributed by atoms with Crippen molar-refractivity contribution in [3.8, 4) is 0 Å². The molecule has 2 heterocycles. The van der Waals surface area contributed by atoms with Crippen molar-refractivity contribution in [2.24, 2.45) is 5.73 Å². The van der Waals surface area contributed by atoms with E-state index >= 15 is 0 Å². The Bertz CT molecular complexity index is 753. The number of fused-ring (bicyclic) bond motifs is 1. The molecule has 134 valence electrons. The van der Waals surface area contributed by atoms with E-state index in [0.717, 1.165) is 5.56 Å². The van der Waals surface area contributed by atoms with E-state index in [0.29, 0.717) is 6.41 Å². The molecule has 0 bridgehead atoms. The molecule has 0 aliphatic carbocycles. The number of carbonyl (C=O) groups excluding carboxylic acids is 3. The van der Waals surface area contributed by atoms with Gasteiger partial charge < -0.3 is 15.0 Å². The SMILES string of the molecule is CC1(C)[C@H](C(=O)OCc2ccccc2)N2C(=O)[C@](N)(NC=O)[C@H]2S1=O. The summed E-state index contributed by atoms with van der Waals surface area (Å²) in [6.07, 6.45) is 0.292. The highest BCUT2D eigenvalue weighted by Gasteiger charge is 2.74. The fourth-order valence-electron chi connectivity index (χ4n) is 3.27. The lowest BCUT2D eigenvalue weighted by Gasteiger charge is -2.49. The van der Waals surface area contributed by atoms with E-state index in [9.17, 15) is 18.6 Å². The van der Waals surface area contributed by atoms with Crippen LogP contribution < -0.4 is 11.1 Å². The zero-order valence-electron chi connectivity index (χ0n) is 13.8. The Hall–Kier alpha value is -2.26. The number of rotatable bonds is 5. The minimum absolute atomic E-state index is 0.0476. The molecule has 1 unspecified atom stereocenters.